The van der Waals surface area contributed by atoms with Crippen molar-refractivity contribution in [2.24, 2.45) is 5.73 Å². The Balaban J connectivity index is 2.49. The number of hydrogen-bond acceptors (Lipinski definition) is 5. The zero-order chi connectivity index (χ0) is 12.8. The first-order valence-electron chi connectivity index (χ1n) is 5.44. The number of nitrogens with two attached hydrogens (primary N) is 1. The molecule has 0 aliphatic heterocycles. The number of hydrogen-bond donors (Lipinski definition) is 1. The van der Waals surface area contributed by atoms with E-state index in [0.29, 0.717) is 6.54 Å². The Hall–Kier alpha value is -0.590. The highest BCUT2D eigenvalue weighted by Crippen LogP contribution is 2.14. The van der Waals surface area contributed by atoms with E-state index in [1.807, 2.05) is 13.2 Å². The summed E-state index contributed by atoms with van der Waals surface area (Å²) in [6.45, 7) is 2.56. The monoisotopic (exact) mass is 273 g/mol. The molecule has 0 bridgehead atoms. The molecule has 0 saturated heterocycles. The Bertz CT molecular complexity index is 367. The first-order chi connectivity index (χ1) is 8.06. The van der Waals surface area contributed by atoms with Crippen molar-refractivity contribution >= 4 is 29.0 Å². The number of amides is 1. The maximum absolute atomic E-state index is 12.0. The largest absolute Gasteiger partial charge is 0.339 e. The molecule has 6 heteroatoms. The molecule has 96 valence electrons. The third kappa shape index (κ3) is 4.29. The van der Waals surface area contributed by atoms with Crippen LogP contribution in [0.15, 0.2) is 5.51 Å². The summed E-state index contributed by atoms with van der Waals surface area (Å²) in [6, 6.07) is -0.388. The Morgan fingerprint density at radius 3 is 2.94 bits per heavy atom. The normalized spacial score (nSPS) is 12.5. The van der Waals surface area contributed by atoms with Crippen molar-refractivity contribution < 1.29 is 4.79 Å². The van der Waals surface area contributed by atoms with E-state index in [1.165, 1.54) is 0 Å². The summed E-state index contributed by atoms with van der Waals surface area (Å²) in [5, 5.41) is 0. The predicted molar refractivity (Wildman–Crippen MR) is 74.3 cm³/mol. The summed E-state index contributed by atoms with van der Waals surface area (Å²) in [7, 11) is 1.79. The van der Waals surface area contributed by atoms with Crippen LogP contribution in [-0.4, -0.2) is 40.9 Å². The summed E-state index contributed by atoms with van der Waals surface area (Å²) in [5.41, 5.74) is 8.65. The second kappa shape index (κ2) is 6.98. The van der Waals surface area contributed by atoms with E-state index in [4.69, 9.17) is 5.73 Å². The lowest BCUT2D eigenvalue weighted by molar-refractivity contribution is -0.131. The molecule has 1 amide bonds. The van der Waals surface area contributed by atoms with E-state index in [9.17, 15) is 4.79 Å². The average molecular weight is 273 g/mol. The number of thioether (sulfide) groups is 1. The quantitative estimate of drug-likeness (QED) is 0.853. The topological polar surface area (TPSA) is 59.2 Å². The molecular weight excluding hydrogens is 254 g/mol. The first-order valence-corrected chi connectivity index (χ1v) is 7.72. The predicted octanol–water partition coefficient (Wildman–Crippen LogP) is 1.49. The van der Waals surface area contributed by atoms with Gasteiger partial charge in [-0.15, -0.1) is 11.3 Å². The highest BCUT2D eigenvalue weighted by Gasteiger charge is 2.18. The molecule has 1 aromatic rings. The molecule has 0 spiro atoms. The van der Waals surface area contributed by atoms with E-state index < -0.39 is 0 Å². The van der Waals surface area contributed by atoms with Gasteiger partial charge in [0, 0.05) is 11.9 Å². The third-order valence-electron chi connectivity index (χ3n) is 2.55. The van der Waals surface area contributed by atoms with Crippen LogP contribution in [0.1, 0.15) is 17.0 Å². The van der Waals surface area contributed by atoms with Crippen LogP contribution in [-0.2, 0) is 11.3 Å². The molecule has 0 saturated carbocycles. The van der Waals surface area contributed by atoms with Gasteiger partial charge in [-0.25, -0.2) is 4.98 Å². The van der Waals surface area contributed by atoms with Gasteiger partial charge in [-0.1, -0.05) is 0 Å². The summed E-state index contributed by atoms with van der Waals surface area (Å²) in [4.78, 5) is 18.9. The van der Waals surface area contributed by atoms with Gasteiger partial charge < -0.3 is 10.6 Å². The van der Waals surface area contributed by atoms with Gasteiger partial charge in [0.25, 0.3) is 0 Å². The van der Waals surface area contributed by atoms with Gasteiger partial charge in [-0.3, -0.25) is 4.79 Å². The van der Waals surface area contributed by atoms with Crippen molar-refractivity contribution in [1.29, 1.82) is 0 Å². The van der Waals surface area contributed by atoms with Crippen LogP contribution >= 0.6 is 23.1 Å². The maximum Gasteiger partial charge on any atom is 0.239 e. The minimum atomic E-state index is -0.388. The fraction of sp³-hybridized carbons (Fsp3) is 0.636. The molecule has 0 aliphatic carbocycles. The molecule has 0 radical (unpaired) electrons. The highest BCUT2D eigenvalue weighted by atomic mass is 32.2. The van der Waals surface area contributed by atoms with E-state index >= 15 is 0 Å². The van der Waals surface area contributed by atoms with Crippen LogP contribution in [0.5, 0.6) is 0 Å². The fourth-order valence-electron chi connectivity index (χ4n) is 1.42. The standard InChI is InChI=1S/C11H19N3OS2/c1-8-10(17-7-13-8)6-14(2)11(15)9(12)4-5-16-3/h7,9H,4-6,12H2,1-3H3/t9-/m1/s1. The van der Waals surface area contributed by atoms with Crippen molar-refractivity contribution in [3.05, 3.63) is 16.1 Å². The van der Waals surface area contributed by atoms with Crippen LogP contribution < -0.4 is 5.73 Å². The van der Waals surface area contributed by atoms with E-state index in [2.05, 4.69) is 4.98 Å². The minimum absolute atomic E-state index is 0.00634. The van der Waals surface area contributed by atoms with Gasteiger partial charge >= 0.3 is 0 Å². The molecule has 0 aliphatic rings. The Morgan fingerprint density at radius 1 is 1.71 bits per heavy atom. The van der Waals surface area contributed by atoms with Gasteiger partial charge in [0.2, 0.25) is 5.91 Å². The number of aromatic nitrogens is 1. The molecule has 1 rings (SSSR count). The summed E-state index contributed by atoms with van der Waals surface area (Å²) < 4.78 is 0. The molecule has 0 aromatic carbocycles. The van der Waals surface area contributed by atoms with E-state index in [0.717, 1.165) is 22.7 Å². The second-order valence-corrected chi connectivity index (χ2v) is 5.87. The van der Waals surface area contributed by atoms with Gasteiger partial charge in [-0.2, -0.15) is 11.8 Å². The molecular formula is C11H19N3OS2. The number of thiazole rings is 1. The number of likely N-dealkylation sites (N-methyl/N-ethyl adjacent to an activating group) is 1. The maximum atomic E-state index is 12.0. The lowest BCUT2D eigenvalue weighted by Crippen LogP contribution is -2.41. The Kier molecular flexibility index (Phi) is 5.94. The smallest absolute Gasteiger partial charge is 0.239 e. The molecule has 17 heavy (non-hydrogen) atoms. The minimum Gasteiger partial charge on any atom is -0.339 e. The number of carbonyl (C=O) groups is 1. The lowest BCUT2D eigenvalue weighted by atomic mass is 10.2. The zero-order valence-electron chi connectivity index (χ0n) is 10.5. The van der Waals surface area contributed by atoms with Crippen LogP contribution in [0.3, 0.4) is 0 Å². The van der Waals surface area contributed by atoms with Crippen LogP contribution in [0.25, 0.3) is 0 Å². The SMILES string of the molecule is CSCC[C@@H](N)C(=O)N(C)Cc1scnc1C. The molecule has 1 aromatic heterocycles. The second-order valence-electron chi connectivity index (χ2n) is 3.94. The first kappa shape index (κ1) is 14.5. The van der Waals surface area contributed by atoms with Crippen LogP contribution in [0.2, 0.25) is 0 Å². The van der Waals surface area contributed by atoms with E-state index in [1.54, 1.807) is 40.6 Å². The van der Waals surface area contributed by atoms with Crippen LogP contribution in [0, 0.1) is 6.92 Å². The van der Waals surface area contributed by atoms with E-state index in [-0.39, 0.29) is 11.9 Å². The van der Waals surface area contributed by atoms with Crippen molar-refractivity contribution in [3.63, 3.8) is 0 Å². The molecule has 1 atom stereocenters. The molecule has 4 nitrogen and oxygen atoms in total. The Morgan fingerprint density at radius 2 is 2.41 bits per heavy atom. The van der Waals surface area contributed by atoms with Crippen molar-refractivity contribution in [2.75, 3.05) is 19.1 Å². The third-order valence-corrected chi connectivity index (χ3v) is 4.12. The van der Waals surface area contributed by atoms with Crippen molar-refractivity contribution in [3.8, 4) is 0 Å². The van der Waals surface area contributed by atoms with Crippen molar-refractivity contribution in [1.82, 2.24) is 9.88 Å². The van der Waals surface area contributed by atoms with Gasteiger partial charge in [0.05, 0.1) is 23.8 Å². The summed E-state index contributed by atoms with van der Waals surface area (Å²) in [6.07, 6.45) is 2.74. The number of carbonyl (C=O) groups excluding carboxylic acids is 1. The lowest BCUT2D eigenvalue weighted by Gasteiger charge is -2.20. The summed E-state index contributed by atoms with van der Waals surface area (Å²) >= 11 is 3.28. The average Bonchev–Trinajstić information content (AvgIpc) is 2.70. The van der Waals surface area contributed by atoms with Gasteiger partial charge in [0.1, 0.15) is 0 Å². The fourth-order valence-corrected chi connectivity index (χ4v) is 2.74. The number of rotatable bonds is 6. The molecule has 1 heterocycles. The number of aryl methyl sites for hydroxylation is 1. The van der Waals surface area contributed by atoms with Crippen molar-refractivity contribution in [2.45, 2.75) is 25.9 Å². The molecule has 0 fully saturated rings. The summed E-state index contributed by atoms with van der Waals surface area (Å²) in [5.74, 6) is 0.923. The molecule has 0 unspecified atom stereocenters. The van der Waals surface area contributed by atoms with Gasteiger partial charge in [-0.05, 0) is 25.4 Å². The molecule has 2 N–H and O–H groups in total. The van der Waals surface area contributed by atoms with Crippen LogP contribution in [0.4, 0.5) is 0 Å². The Labute approximate surface area is 111 Å². The number of nitrogens with zero attached hydrogens (tertiary/aromatic N) is 2. The highest BCUT2D eigenvalue weighted by molar-refractivity contribution is 7.98. The van der Waals surface area contributed by atoms with Gasteiger partial charge in [0.15, 0.2) is 0 Å². The zero-order valence-corrected chi connectivity index (χ0v) is 12.1.